The molecule has 1 spiro atoms. The highest BCUT2D eigenvalue weighted by Crippen LogP contribution is 2.54. The first-order chi connectivity index (χ1) is 14.9. The number of aromatic amines is 1. The lowest BCUT2D eigenvalue weighted by Crippen LogP contribution is -2.41. The minimum absolute atomic E-state index is 0.159. The van der Waals surface area contributed by atoms with Crippen LogP contribution in [0.2, 0.25) is 0 Å². The number of likely N-dealkylation sites (tertiary alicyclic amines) is 1. The lowest BCUT2D eigenvalue weighted by Gasteiger charge is -2.29. The number of halogens is 2. The maximum atomic E-state index is 14.0. The van der Waals surface area contributed by atoms with Crippen molar-refractivity contribution in [3.8, 4) is 0 Å². The maximum absolute atomic E-state index is 14.0. The summed E-state index contributed by atoms with van der Waals surface area (Å²) in [5.41, 5.74) is 1.58. The summed E-state index contributed by atoms with van der Waals surface area (Å²) >= 11 is 0. The van der Waals surface area contributed by atoms with E-state index in [-0.39, 0.29) is 18.9 Å². The standard InChI is InChI=1S/C22H21F2N5O2/c23-22(24)12-21(5-6-21)28(13-22)19(30)15-10-25-29-8-7-27(11-18(15)29)20(31)17-9-14-3-1-2-4-16(14)26-17/h1-4,9-10,26H,5-8,11-13H2. The molecule has 1 N–H and O–H groups in total. The molecule has 1 saturated carbocycles. The van der Waals surface area contributed by atoms with E-state index in [4.69, 9.17) is 0 Å². The second-order valence-electron chi connectivity index (χ2n) is 8.87. The highest BCUT2D eigenvalue weighted by atomic mass is 19.3. The molecule has 3 aliphatic rings. The lowest BCUT2D eigenvalue weighted by atomic mass is 10.1. The molecule has 4 heterocycles. The molecular formula is C22H21F2N5O2. The Bertz CT molecular complexity index is 1190. The smallest absolute Gasteiger partial charge is 0.270 e. The minimum atomic E-state index is -2.85. The molecule has 2 aromatic heterocycles. The van der Waals surface area contributed by atoms with Crippen molar-refractivity contribution in [3.63, 3.8) is 0 Å². The average molecular weight is 425 g/mol. The van der Waals surface area contributed by atoms with E-state index in [2.05, 4.69) is 10.1 Å². The van der Waals surface area contributed by atoms with Crippen LogP contribution in [0.3, 0.4) is 0 Å². The van der Waals surface area contributed by atoms with E-state index >= 15 is 0 Å². The summed E-state index contributed by atoms with van der Waals surface area (Å²) in [6.07, 6.45) is 2.42. The highest BCUT2D eigenvalue weighted by molar-refractivity contribution is 5.99. The number of fused-ring (bicyclic) bond motifs is 2. The van der Waals surface area contributed by atoms with Crippen molar-refractivity contribution in [1.82, 2.24) is 24.6 Å². The van der Waals surface area contributed by atoms with Crippen LogP contribution in [0.25, 0.3) is 10.9 Å². The molecule has 2 aliphatic heterocycles. The number of para-hydroxylation sites is 1. The second-order valence-corrected chi connectivity index (χ2v) is 8.87. The van der Waals surface area contributed by atoms with Gasteiger partial charge in [-0.3, -0.25) is 14.3 Å². The van der Waals surface area contributed by atoms with Crippen molar-refractivity contribution in [2.45, 2.75) is 43.8 Å². The first-order valence-corrected chi connectivity index (χ1v) is 10.5. The van der Waals surface area contributed by atoms with E-state index in [1.54, 1.807) is 9.58 Å². The molecule has 2 amide bonds. The topological polar surface area (TPSA) is 74.2 Å². The van der Waals surface area contributed by atoms with Gasteiger partial charge in [-0.25, -0.2) is 8.78 Å². The maximum Gasteiger partial charge on any atom is 0.270 e. The summed E-state index contributed by atoms with van der Waals surface area (Å²) in [4.78, 5) is 32.5. The highest BCUT2D eigenvalue weighted by Gasteiger charge is 2.63. The number of nitrogens with zero attached hydrogens (tertiary/aromatic N) is 4. The van der Waals surface area contributed by atoms with Gasteiger partial charge in [-0.2, -0.15) is 5.10 Å². The zero-order valence-electron chi connectivity index (χ0n) is 16.8. The number of carbonyl (C=O) groups excluding carboxylic acids is 2. The summed E-state index contributed by atoms with van der Waals surface area (Å²) in [5, 5.41) is 5.24. The molecule has 1 aromatic carbocycles. The average Bonchev–Trinajstić information content (AvgIpc) is 3.12. The predicted octanol–water partition coefficient (Wildman–Crippen LogP) is 3.03. The molecular weight excluding hydrogens is 404 g/mol. The first-order valence-electron chi connectivity index (χ1n) is 10.5. The van der Waals surface area contributed by atoms with Crippen LogP contribution in [0.4, 0.5) is 8.78 Å². The van der Waals surface area contributed by atoms with Crippen molar-refractivity contribution in [3.05, 3.63) is 53.5 Å². The molecule has 1 aliphatic carbocycles. The van der Waals surface area contributed by atoms with Gasteiger partial charge >= 0.3 is 0 Å². The number of rotatable bonds is 2. The summed E-state index contributed by atoms with van der Waals surface area (Å²) < 4.78 is 29.8. The zero-order valence-corrected chi connectivity index (χ0v) is 16.8. The van der Waals surface area contributed by atoms with Crippen LogP contribution in [0.15, 0.2) is 36.5 Å². The molecule has 9 heteroatoms. The lowest BCUT2D eigenvalue weighted by molar-refractivity contribution is 0.0117. The summed E-state index contributed by atoms with van der Waals surface area (Å²) in [5.74, 6) is -3.42. The number of H-pyrrole nitrogens is 1. The number of alkyl halides is 2. The summed E-state index contributed by atoms with van der Waals surface area (Å²) in [6, 6.07) is 9.48. The van der Waals surface area contributed by atoms with Crippen molar-refractivity contribution >= 4 is 22.7 Å². The molecule has 7 nitrogen and oxygen atoms in total. The van der Waals surface area contributed by atoms with Gasteiger partial charge in [0.2, 0.25) is 0 Å². The third-order valence-electron chi connectivity index (χ3n) is 6.77. The van der Waals surface area contributed by atoms with Gasteiger partial charge in [0.15, 0.2) is 0 Å². The van der Waals surface area contributed by atoms with Gasteiger partial charge in [-0.05, 0) is 25.0 Å². The normalized spacial score (nSPS) is 21.0. The van der Waals surface area contributed by atoms with E-state index in [9.17, 15) is 18.4 Å². The number of nitrogens with one attached hydrogen (secondary N) is 1. The van der Waals surface area contributed by atoms with Crippen molar-refractivity contribution in [2.75, 3.05) is 13.1 Å². The third kappa shape index (κ3) is 2.86. The van der Waals surface area contributed by atoms with Crippen molar-refractivity contribution < 1.29 is 18.4 Å². The molecule has 160 valence electrons. The van der Waals surface area contributed by atoms with Gasteiger partial charge in [0.05, 0.1) is 37.1 Å². The Hall–Kier alpha value is -3.23. The molecule has 0 unspecified atom stereocenters. The fourth-order valence-corrected chi connectivity index (χ4v) is 5.01. The molecule has 0 radical (unpaired) electrons. The van der Waals surface area contributed by atoms with Gasteiger partial charge in [0.25, 0.3) is 17.7 Å². The Kier molecular flexibility index (Phi) is 3.68. The van der Waals surface area contributed by atoms with Crippen molar-refractivity contribution in [1.29, 1.82) is 0 Å². The van der Waals surface area contributed by atoms with Crippen LogP contribution in [-0.4, -0.2) is 60.9 Å². The molecule has 3 aromatic rings. The SMILES string of the molecule is O=C(c1cc2ccccc2[nH]1)N1CCn2ncc(C(=O)N3CC(F)(F)CC34CC4)c2C1. The van der Waals surface area contributed by atoms with Gasteiger partial charge < -0.3 is 14.8 Å². The van der Waals surface area contributed by atoms with Crippen LogP contribution in [-0.2, 0) is 13.1 Å². The van der Waals surface area contributed by atoms with Crippen molar-refractivity contribution in [2.24, 2.45) is 0 Å². The minimum Gasteiger partial charge on any atom is -0.351 e. The van der Waals surface area contributed by atoms with E-state index in [1.807, 2.05) is 30.3 Å². The summed E-state index contributed by atoms with van der Waals surface area (Å²) in [7, 11) is 0. The number of amides is 2. The van der Waals surface area contributed by atoms with E-state index in [0.717, 1.165) is 10.9 Å². The van der Waals surface area contributed by atoms with Crippen LogP contribution < -0.4 is 0 Å². The number of benzene rings is 1. The second kappa shape index (κ2) is 6.15. The van der Waals surface area contributed by atoms with Crippen LogP contribution >= 0.6 is 0 Å². The fraction of sp³-hybridized carbons (Fsp3) is 0.409. The predicted molar refractivity (Wildman–Crippen MR) is 108 cm³/mol. The molecule has 31 heavy (non-hydrogen) atoms. The van der Waals surface area contributed by atoms with Gasteiger partial charge in [0.1, 0.15) is 5.69 Å². The van der Waals surface area contributed by atoms with Gasteiger partial charge in [0, 0.05) is 29.4 Å². The molecule has 1 saturated heterocycles. The Morgan fingerprint density at radius 2 is 1.90 bits per heavy atom. The number of hydrogen-bond acceptors (Lipinski definition) is 3. The largest absolute Gasteiger partial charge is 0.351 e. The Morgan fingerprint density at radius 3 is 2.68 bits per heavy atom. The molecule has 0 bridgehead atoms. The van der Waals surface area contributed by atoms with E-state index in [0.29, 0.717) is 42.9 Å². The Labute approximate surface area is 176 Å². The summed E-state index contributed by atoms with van der Waals surface area (Å²) in [6.45, 7) is 0.582. The molecule has 2 fully saturated rings. The quantitative estimate of drug-likeness (QED) is 0.686. The van der Waals surface area contributed by atoms with Crippen LogP contribution in [0.5, 0.6) is 0 Å². The number of carbonyl (C=O) groups is 2. The molecule has 0 atom stereocenters. The van der Waals surface area contributed by atoms with E-state index < -0.39 is 23.9 Å². The zero-order chi connectivity index (χ0) is 21.4. The Balaban J connectivity index is 1.27. The fourth-order valence-electron chi connectivity index (χ4n) is 5.01. The number of aromatic nitrogens is 3. The number of hydrogen-bond donors (Lipinski definition) is 1. The van der Waals surface area contributed by atoms with Gasteiger partial charge in [-0.1, -0.05) is 18.2 Å². The van der Waals surface area contributed by atoms with Crippen LogP contribution in [0, 0.1) is 0 Å². The molecule has 6 rings (SSSR count). The van der Waals surface area contributed by atoms with Gasteiger partial charge in [-0.15, -0.1) is 0 Å². The third-order valence-corrected chi connectivity index (χ3v) is 6.77. The van der Waals surface area contributed by atoms with E-state index in [1.165, 1.54) is 11.1 Å². The first kappa shape index (κ1) is 18.5. The Morgan fingerprint density at radius 1 is 1.10 bits per heavy atom. The monoisotopic (exact) mass is 425 g/mol. The van der Waals surface area contributed by atoms with Crippen LogP contribution in [0.1, 0.15) is 45.8 Å².